The predicted octanol–water partition coefficient (Wildman–Crippen LogP) is 20.4. The molecule has 330 valence electrons. The summed E-state index contributed by atoms with van der Waals surface area (Å²) in [4.78, 5) is 0. The second kappa shape index (κ2) is 15.1. The van der Waals surface area contributed by atoms with Crippen molar-refractivity contribution in [2.24, 2.45) is 0 Å². The highest BCUT2D eigenvalue weighted by Gasteiger charge is 2.24. The fourth-order valence-electron chi connectivity index (χ4n) is 12.9. The normalized spacial score (nSPS) is 12.2. The van der Waals surface area contributed by atoms with Crippen molar-refractivity contribution < 1.29 is 0 Å². The van der Waals surface area contributed by atoms with E-state index < -0.39 is 0 Å². The van der Waals surface area contributed by atoms with Crippen LogP contribution in [-0.2, 0) is 0 Å². The van der Waals surface area contributed by atoms with Gasteiger partial charge in [0.1, 0.15) is 0 Å². The number of hydrogen-bond donors (Lipinski definition) is 0. The Kier molecular flexibility index (Phi) is 8.26. The lowest BCUT2D eigenvalue weighted by molar-refractivity contribution is 1.62. The Morgan fingerprint density at radius 2 is 0.528 bits per heavy atom. The quantitative estimate of drug-likeness (QED) is 0.151. The zero-order valence-electron chi connectivity index (χ0n) is 39.2. The second-order valence-corrected chi connectivity index (χ2v) is 19.8. The summed E-state index contributed by atoms with van der Waals surface area (Å²) < 4.78 is 0. The van der Waals surface area contributed by atoms with Crippen LogP contribution >= 0.6 is 0 Å². The Bertz CT molecular complexity index is 4880. The Hall–Kier alpha value is -9.36. The van der Waals surface area contributed by atoms with Crippen molar-refractivity contribution >= 4 is 108 Å². The van der Waals surface area contributed by atoms with Crippen LogP contribution in [0.4, 0.5) is 0 Å². The van der Waals surface area contributed by atoms with Crippen LogP contribution in [0.1, 0.15) is 0 Å². The number of hydrogen-bond acceptors (Lipinski definition) is 0. The van der Waals surface area contributed by atoms with Crippen LogP contribution in [0.25, 0.3) is 163 Å². The standard InChI is InChI=1S/C72H42/c1-3-13-51-39-53(29-23-43(51)11-1)63-41-64(56-20-6-8-22-59(56)72(63)62-38-34-50-28-26-46-16-10-18-48-33-37-61(62)71(50)68(46)48)65-42-66(57-35-31-49-27-25-45-15-9-17-47-32-36-60(57)70(49)67(45)47)69(58-21-7-5-19-55(58)65)54-30-24-44-12-2-4-14-52(44)40-54/h1-42H. The van der Waals surface area contributed by atoms with Crippen molar-refractivity contribution in [1.82, 2.24) is 0 Å². The minimum atomic E-state index is 1.20. The molecule has 0 N–H and O–H groups in total. The van der Waals surface area contributed by atoms with Crippen LogP contribution in [0.15, 0.2) is 255 Å². The molecule has 0 aliphatic heterocycles. The van der Waals surface area contributed by atoms with Gasteiger partial charge in [-0.2, -0.15) is 0 Å². The third-order valence-corrected chi connectivity index (χ3v) is 16.1. The highest BCUT2D eigenvalue weighted by molar-refractivity contribution is 6.29. The molecule has 0 aliphatic rings. The van der Waals surface area contributed by atoms with Crippen LogP contribution in [-0.4, -0.2) is 0 Å². The van der Waals surface area contributed by atoms with E-state index in [9.17, 15) is 0 Å². The Morgan fingerprint density at radius 3 is 1.10 bits per heavy atom. The van der Waals surface area contributed by atoms with Gasteiger partial charge in [-0.05, 0) is 188 Å². The lowest BCUT2D eigenvalue weighted by Crippen LogP contribution is -1.96. The van der Waals surface area contributed by atoms with E-state index >= 15 is 0 Å². The highest BCUT2D eigenvalue weighted by atomic mass is 14.3. The monoisotopic (exact) mass is 906 g/mol. The van der Waals surface area contributed by atoms with E-state index in [1.54, 1.807) is 0 Å². The molecule has 0 heterocycles. The van der Waals surface area contributed by atoms with Crippen molar-refractivity contribution in [2.45, 2.75) is 0 Å². The molecule has 0 heteroatoms. The van der Waals surface area contributed by atoms with E-state index in [0.29, 0.717) is 0 Å². The Morgan fingerprint density at radius 1 is 0.153 bits per heavy atom. The topological polar surface area (TPSA) is 0 Å². The molecule has 16 aromatic rings. The molecule has 0 bridgehead atoms. The van der Waals surface area contributed by atoms with Crippen LogP contribution in [0.2, 0.25) is 0 Å². The summed E-state index contributed by atoms with van der Waals surface area (Å²) in [7, 11) is 0. The summed E-state index contributed by atoms with van der Waals surface area (Å²) in [5, 5.41) is 25.4. The zero-order chi connectivity index (χ0) is 47.0. The van der Waals surface area contributed by atoms with E-state index in [4.69, 9.17) is 0 Å². The van der Waals surface area contributed by atoms with Crippen molar-refractivity contribution in [1.29, 1.82) is 0 Å². The number of fused-ring (bicyclic) bond motifs is 4. The van der Waals surface area contributed by atoms with Crippen LogP contribution in [0, 0.1) is 0 Å². The number of benzene rings is 16. The molecule has 0 aromatic heterocycles. The molecule has 0 aliphatic carbocycles. The van der Waals surface area contributed by atoms with Gasteiger partial charge in [-0.15, -0.1) is 0 Å². The molecule has 72 heavy (non-hydrogen) atoms. The SMILES string of the molecule is c1ccc2cc(-c3cc(-c4cc(-c5ccc6ccc7cccc8ccc5c6c78)c(-c5ccc6ccccc6c5)c5ccccc45)c4ccccc4c3-c3ccc4ccc5cccc6ccc3c4c56)ccc2c1. The molecule has 0 nitrogen and oxygen atoms in total. The lowest BCUT2D eigenvalue weighted by Gasteiger charge is -2.23. The van der Waals surface area contributed by atoms with Crippen molar-refractivity contribution in [2.75, 3.05) is 0 Å². The summed E-state index contributed by atoms with van der Waals surface area (Å²) in [5.74, 6) is 0. The van der Waals surface area contributed by atoms with Crippen LogP contribution in [0.5, 0.6) is 0 Å². The fourth-order valence-corrected chi connectivity index (χ4v) is 12.9. The highest BCUT2D eigenvalue weighted by Crippen LogP contribution is 2.52. The maximum atomic E-state index is 2.54. The molecule has 16 rings (SSSR count). The van der Waals surface area contributed by atoms with Gasteiger partial charge in [0.2, 0.25) is 0 Å². The largest absolute Gasteiger partial charge is 0.0616 e. The van der Waals surface area contributed by atoms with Gasteiger partial charge in [0.15, 0.2) is 0 Å². The van der Waals surface area contributed by atoms with E-state index in [1.165, 1.54) is 163 Å². The summed E-state index contributed by atoms with van der Waals surface area (Å²) in [6.07, 6.45) is 0. The zero-order valence-corrected chi connectivity index (χ0v) is 39.2. The molecule has 16 aromatic carbocycles. The first-order chi connectivity index (χ1) is 35.7. The van der Waals surface area contributed by atoms with Gasteiger partial charge in [0.05, 0.1) is 0 Å². The molecule has 0 radical (unpaired) electrons. The van der Waals surface area contributed by atoms with Crippen molar-refractivity contribution in [3.8, 4) is 55.6 Å². The predicted molar refractivity (Wildman–Crippen MR) is 311 cm³/mol. The molecule has 0 fully saturated rings. The molecular weight excluding hydrogens is 865 g/mol. The second-order valence-electron chi connectivity index (χ2n) is 19.8. The molecule has 0 saturated carbocycles. The summed E-state index contributed by atoms with van der Waals surface area (Å²) in [5.41, 5.74) is 12.3. The Labute approximate surface area is 415 Å². The third kappa shape index (κ3) is 5.69. The molecule has 0 saturated heterocycles. The van der Waals surface area contributed by atoms with Gasteiger partial charge >= 0.3 is 0 Å². The summed E-state index contributed by atoms with van der Waals surface area (Å²) >= 11 is 0. The minimum Gasteiger partial charge on any atom is -0.0616 e. The molecule has 0 unspecified atom stereocenters. The maximum absolute atomic E-state index is 2.54. The van der Waals surface area contributed by atoms with E-state index in [0.717, 1.165) is 0 Å². The van der Waals surface area contributed by atoms with Gasteiger partial charge in [-0.3, -0.25) is 0 Å². The average Bonchev–Trinajstić information content (AvgIpc) is 3.45. The van der Waals surface area contributed by atoms with Crippen LogP contribution < -0.4 is 0 Å². The first-order valence-corrected chi connectivity index (χ1v) is 25.1. The van der Waals surface area contributed by atoms with Gasteiger partial charge in [-0.1, -0.05) is 231 Å². The fraction of sp³-hybridized carbons (Fsp3) is 0. The van der Waals surface area contributed by atoms with E-state index in [1.807, 2.05) is 0 Å². The summed E-state index contributed by atoms with van der Waals surface area (Å²) in [6.45, 7) is 0. The van der Waals surface area contributed by atoms with Crippen LogP contribution in [0.3, 0.4) is 0 Å². The van der Waals surface area contributed by atoms with Gasteiger partial charge in [0, 0.05) is 0 Å². The molecule has 0 amide bonds. The Balaban J connectivity index is 1.05. The molecular formula is C72H42. The first kappa shape index (κ1) is 39.5. The average molecular weight is 907 g/mol. The van der Waals surface area contributed by atoms with E-state index in [-0.39, 0.29) is 0 Å². The van der Waals surface area contributed by atoms with Gasteiger partial charge in [0.25, 0.3) is 0 Å². The van der Waals surface area contributed by atoms with Gasteiger partial charge < -0.3 is 0 Å². The molecule has 0 spiro atoms. The van der Waals surface area contributed by atoms with Gasteiger partial charge in [-0.25, -0.2) is 0 Å². The molecule has 0 atom stereocenters. The smallest absolute Gasteiger partial charge is 0.00201 e. The van der Waals surface area contributed by atoms with Crippen molar-refractivity contribution in [3.63, 3.8) is 0 Å². The minimum absolute atomic E-state index is 1.20. The summed E-state index contributed by atoms with van der Waals surface area (Å²) in [6, 6.07) is 96.4. The first-order valence-electron chi connectivity index (χ1n) is 25.1. The number of rotatable bonds is 5. The van der Waals surface area contributed by atoms with E-state index in [2.05, 4.69) is 255 Å². The lowest BCUT2D eigenvalue weighted by atomic mass is 9.80. The maximum Gasteiger partial charge on any atom is -0.00201 e. The third-order valence-electron chi connectivity index (χ3n) is 16.1. The van der Waals surface area contributed by atoms with Crippen molar-refractivity contribution in [3.05, 3.63) is 255 Å².